The lowest BCUT2D eigenvalue weighted by Gasteiger charge is -2.08. The quantitative estimate of drug-likeness (QED) is 0.784. The molecule has 3 heteroatoms. The number of halogens is 1. The summed E-state index contributed by atoms with van der Waals surface area (Å²) in [6.07, 6.45) is 0.889. The second kappa shape index (κ2) is 5.12. The summed E-state index contributed by atoms with van der Waals surface area (Å²) >= 11 is 1.69. The maximum Gasteiger partial charge on any atom is 0.123 e. The monoisotopic (exact) mass is 236 g/mol. The van der Waals surface area contributed by atoms with Crippen molar-refractivity contribution in [2.24, 2.45) is 0 Å². The largest absolute Gasteiger partial charge is 0.493 e. The van der Waals surface area contributed by atoms with E-state index < -0.39 is 0 Å². The van der Waals surface area contributed by atoms with Crippen LogP contribution < -0.4 is 4.74 Å². The second-order valence-corrected chi connectivity index (χ2v) is 4.42. The minimum Gasteiger partial charge on any atom is -0.493 e. The van der Waals surface area contributed by atoms with Crippen molar-refractivity contribution < 1.29 is 9.13 Å². The Morgan fingerprint density at radius 1 is 1.31 bits per heavy atom. The molecule has 0 saturated heterocycles. The van der Waals surface area contributed by atoms with Crippen molar-refractivity contribution in [3.05, 3.63) is 52.0 Å². The Bertz CT molecular complexity index is 451. The normalized spacial score (nSPS) is 10.4. The molecule has 0 radical (unpaired) electrons. The van der Waals surface area contributed by atoms with Crippen LogP contribution in [0.1, 0.15) is 11.1 Å². The molecular formula is C13H13FOS. The fraction of sp³-hybridized carbons (Fsp3) is 0.231. The molecule has 84 valence electrons. The van der Waals surface area contributed by atoms with E-state index in [0.29, 0.717) is 6.61 Å². The first kappa shape index (κ1) is 11.1. The van der Waals surface area contributed by atoms with Crippen molar-refractivity contribution in [3.8, 4) is 5.75 Å². The molecule has 0 saturated carbocycles. The molecular weight excluding hydrogens is 223 g/mol. The zero-order valence-corrected chi connectivity index (χ0v) is 9.89. The molecule has 0 unspecified atom stereocenters. The maximum absolute atomic E-state index is 12.8. The smallest absolute Gasteiger partial charge is 0.123 e. The summed E-state index contributed by atoms with van der Waals surface area (Å²) in [5.41, 5.74) is 2.12. The molecule has 1 heterocycles. The standard InChI is InChI=1S/C13H13FOS/c1-10-8-12(14)2-3-13(10)15-6-4-11-5-7-16-9-11/h2-3,5,7-9H,4,6H2,1H3. The number of benzene rings is 1. The van der Waals surface area contributed by atoms with Crippen molar-refractivity contribution in [1.82, 2.24) is 0 Å². The molecule has 1 aromatic heterocycles. The molecule has 0 aliphatic carbocycles. The van der Waals surface area contributed by atoms with Gasteiger partial charge in [-0.15, -0.1) is 0 Å². The average Bonchev–Trinajstić information content (AvgIpc) is 2.74. The molecule has 0 aliphatic heterocycles. The van der Waals surface area contributed by atoms with Crippen LogP contribution >= 0.6 is 11.3 Å². The predicted octanol–water partition coefficient (Wildman–Crippen LogP) is 3.82. The lowest BCUT2D eigenvalue weighted by Crippen LogP contribution is -2.01. The van der Waals surface area contributed by atoms with Crippen LogP contribution in [-0.4, -0.2) is 6.61 Å². The van der Waals surface area contributed by atoms with Crippen LogP contribution in [0.15, 0.2) is 35.0 Å². The van der Waals surface area contributed by atoms with Crippen LogP contribution in [0.2, 0.25) is 0 Å². The van der Waals surface area contributed by atoms with Gasteiger partial charge in [-0.3, -0.25) is 0 Å². The Balaban J connectivity index is 1.90. The van der Waals surface area contributed by atoms with Crippen LogP contribution in [0.4, 0.5) is 4.39 Å². The molecule has 1 aromatic carbocycles. The summed E-state index contributed by atoms with van der Waals surface area (Å²) in [6.45, 7) is 2.48. The van der Waals surface area contributed by atoms with Crippen LogP contribution in [0, 0.1) is 12.7 Å². The Hall–Kier alpha value is -1.35. The van der Waals surface area contributed by atoms with E-state index >= 15 is 0 Å². The highest BCUT2D eigenvalue weighted by atomic mass is 32.1. The van der Waals surface area contributed by atoms with E-state index in [-0.39, 0.29) is 5.82 Å². The Labute approximate surface area is 98.5 Å². The van der Waals surface area contributed by atoms with Crippen LogP contribution in [0.5, 0.6) is 5.75 Å². The average molecular weight is 236 g/mol. The minimum absolute atomic E-state index is 0.220. The highest BCUT2D eigenvalue weighted by molar-refractivity contribution is 7.07. The van der Waals surface area contributed by atoms with Crippen molar-refractivity contribution in [2.75, 3.05) is 6.61 Å². The molecule has 2 aromatic rings. The van der Waals surface area contributed by atoms with Gasteiger partial charge in [0.05, 0.1) is 6.61 Å². The molecule has 2 rings (SSSR count). The van der Waals surface area contributed by atoms with Gasteiger partial charge in [-0.2, -0.15) is 11.3 Å². The van der Waals surface area contributed by atoms with Gasteiger partial charge >= 0.3 is 0 Å². The lowest BCUT2D eigenvalue weighted by molar-refractivity contribution is 0.319. The molecule has 0 N–H and O–H groups in total. The zero-order chi connectivity index (χ0) is 11.4. The minimum atomic E-state index is -0.220. The third-order valence-corrected chi connectivity index (χ3v) is 3.10. The van der Waals surface area contributed by atoms with Gasteiger partial charge in [0.25, 0.3) is 0 Å². The Morgan fingerprint density at radius 2 is 2.19 bits per heavy atom. The number of rotatable bonds is 4. The summed E-state index contributed by atoms with van der Waals surface area (Å²) < 4.78 is 18.4. The van der Waals surface area contributed by atoms with Crippen LogP contribution in [0.25, 0.3) is 0 Å². The van der Waals surface area contributed by atoms with E-state index in [4.69, 9.17) is 4.74 Å². The van der Waals surface area contributed by atoms with Crippen LogP contribution in [-0.2, 0) is 6.42 Å². The molecule has 0 aliphatic rings. The van der Waals surface area contributed by atoms with Gasteiger partial charge in [-0.05, 0) is 53.1 Å². The molecule has 0 atom stereocenters. The number of thiophene rings is 1. The molecule has 16 heavy (non-hydrogen) atoms. The Kier molecular flexibility index (Phi) is 3.57. The van der Waals surface area contributed by atoms with E-state index in [1.165, 1.54) is 17.7 Å². The second-order valence-electron chi connectivity index (χ2n) is 3.64. The number of hydrogen-bond acceptors (Lipinski definition) is 2. The van der Waals surface area contributed by atoms with Crippen molar-refractivity contribution in [2.45, 2.75) is 13.3 Å². The zero-order valence-electron chi connectivity index (χ0n) is 9.07. The first-order chi connectivity index (χ1) is 7.75. The van der Waals surface area contributed by atoms with Gasteiger partial charge in [-0.25, -0.2) is 4.39 Å². The van der Waals surface area contributed by atoms with Crippen molar-refractivity contribution in [1.29, 1.82) is 0 Å². The number of aryl methyl sites for hydroxylation is 1. The first-order valence-electron chi connectivity index (χ1n) is 5.16. The van der Waals surface area contributed by atoms with Gasteiger partial charge in [0.2, 0.25) is 0 Å². The van der Waals surface area contributed by atoms with Gasteiger partial charge in [0.15, 0.2) is 0 Å². The maximum atomic E-state index is 12.8. The summed E-state index contributed by atoms with van der Waals surface area (Å²) in [4.78, 5) is 0. The summed E-state index contributed by atoms with van der Waals surface area (Å²) in [7, 11) is 0. The van der Waals surface area contributed by atoms with Crippen molar-refractivity contribution >= 4 is 11.3 Å². The van der Waals surface area contributed by atoms with E-state index in [1.807, 2.05) is 6.92 Å². The third kappa shape index (κ3) is 2.83. The molecule has 0 spiro atoms. The van der Waals surface area contributed by atoms with E-state index in [9.17, 15) is 4.39 Å². The van der Waals surface area contributed by atoms with Crippen LogP contribution in [0.3, 0.4) is 0 Å². The molecule has 0 fully saturated rings. The van der Waals surface area contributed by atoms with Gasteiger partial charge in [0, 0.05) is 6.42 Å². The SMILES string of the molecule is Cc1cc(F)ccc1OCCc1ccsc1. The fourth-order valence-corrected chi connectivity index (χ4v) is 2.19. The van der Waals surface area contributed by atoms with E-state index in [0.717, 1.165) is 17.7 Å². The van der Waals surface area contributed by atoms with E-state index in [1.54, 1.807) is 17.4 Å². The van der Waals surface area contributed by atoms with Crippen molar-refractivity contribution in [3.63, 3.8) is 0 Å². The highest BCUT2D eigenvalue weighted by Crippen LogP contribution is 2.18. The van der Waals surface area contributed by atoms with E-state index in [2.05, 4.69) is 16.8 Å². The fourth-order valence-electron chi connectivity index (χ4n) is 1.49. The molecule has 0 bridgehead atoms. The summed E-state index contributed by atoms with van der Waals surface area (Å²) in [6, 6.07) is 6.68. The summed E-state index contributed by atoms with van der Waals surface area (Å²) in [5, 5.41) is 4.17. The number of ether oxygens (including phenoxy) is 1. The predicted molar refractivity (Wildman–Crippen MR) is 64.7 cm³/mol. The molecule has 0 amide bonds. The van der Waals surface area contributed by atoms with Gasteiger partial charge in [0.1, 0.15) is 11.6 Å². The Morgan fingerprint density at radius 3 is 2.88 bits per heavy atom. The topological polar surface area (TPSA) is 9.23 Å². The highest BCUT2D eigenvalue weighted by Gasteiger charge is 2.01. The number of hydrogen-bond donors (Lipinski definition) is 0. The third-order valence-electron chi connectivity index (χ3n) is 2.37. The molecule has 1 nitrogen and oxygen atoms in total. The van der Waals surface area contributed by atoms with Gasteiger partial charge in [-0.1, -0.05) is 0 Å². The summed E-state index contributed by atoms with van der Waals surface area (Å²) in [5.74, 6) is 0.541. The first-order valence-corrected chi connectivity index (χ1v) is 6.10. The lowest BCUT2D eigenvalue weighted by atomic mass is 10.2. The van der Waals surface area contributed by atoms with Gasteiger partial charge < -0.3 is 4.74 Å².